The molecule has 17 nitrogen and oxygen atoms in total. The van der Waals surface area contributed by atoms with Crippen LogP contribution in [-0.2, 0) is 48.6 Å². The molecule has 0 aromatic heterocycles. The molecule has 3 aromatic carbocycles. The molecule has 368 valence electrons. The summed E-state index contributed by atoms with van der Waals surface area (Å²) in [6, 6.07) is 22.9. The van der Waals surface area contributed by atoms with Crippen LogP contribution in [0.25, 0.3) is 0 Å². The van der Waals surface area contributed by atoms with Crippen LogP contribution >= 0.6 is 0 Å². The SMILES string of the molecule is CC[C@H](NC(=O)CNC(=O)[C@@H](CC(=O)CNC(=O)[C@@H](N)CC)[C@@H](C)CC)C(=O)N[C@@H](CC(=O)NC(c1ccccc1)(c1ccccc1)c1ccccc1)C(=O)N1C[C@H](OC(C)(C)C)C[C@H]1C(=O)O. The van der Waals surface area contributed by atoms with Crippen molar-refractivity contribution in [1.29, 1.82) is 0 Å². The highest BCUT2D eigenvalue weighted by Gasteiger charge is 2.45. The van der Waals surface area contributed by atoms with Crippen molar-refractivity contribution < 1.29 is 48.2 Å². The molecule has 0 spiro atoms. The summed E-state index contributed by atoms with van der Waals surface area (Å²) in [5.41, 5.74) is 5.89. The molecule has 68 heavy (non-hydrogen) atoms. The zero-order valence-electron chi connectivity index (χ0n) is 40.2. The lowest BCUT2D eigenvalue weighted by atomic mass is 9.77. The van der Waals surface area contributed by atoms with E-state index in [0.717, 1.165) is 4.90 Å². The molecule has 0 unspecified atom stereocenters. The van der Waals surface area contributed by atoms with Gasteiger partial charge in [-0.05, 0) is 56.2 Å². The molecule has 8 N–H and O–H groups in total. The van der Waals surface area contributed by atoms with E-state index >= 15 is 0 Å². The van der Waals surface area contributed by atoms with Gasteiger partial charge < -0.3 is 47.1 Å². The van der Waals surface area contributed by atoms with Gasteiger partial charge >= 0.3 is 5.97 Å². The highest BCUT2D eigenvalue weighted by Crippen LogP contribution is 2.37. The van der Waals surface area contributed by atoms with E-state index in [1.54, 1.807) is 20.8 Å². The summed E-state index contributed by atoms with van der Waals surface area (Å²) in [4.78, 5) is 109. The minimum absolute atomic E-state index is 0.0259. The largest absolute Gasteiger partial charge is 0.480 e. The minimum atomic E-state index is -1.61. The molecule has 1 aliphatic heterocycles. The lowest BCUT2D eigenvalue weighted by Gasteiger charge is -2.37. The molecule has 1 fully saturated rings. The Balaban J connectivity index is 1.60. The first kappa shape index (κ1) is 54.1. The third kappa shape index (κ3) is 14.8. The third-order valence-electron chi connectivity index (χ3n) is 12.1. The molecule has 3 aromatic rings. The number of likely N-dealkylation sites (tertiary alicyclic amines) is 1. The summed E-state index contributed by atoms with van der Waals surface area (Å²) in [5.74, 6) is -6.88. The van der Waals surface area contributed by atoms with Gasteiger partial charge in [-0.1, -0.05) is 125 Å². The Labute approximate surface area is 399 Å². The number of nitrogens with two attached hydrogens (primary N) is 1. The Kier molecular flexibility index (Phi) is 20.0. The van der Waals surface area contributed by atoms with Crippen molar-refractivity contribution in [3.63, 3.8) is 0 Å². The first-order valence-electron chi connectivity index (χ1n) is 23.3. The number of carboxylic acids is 1. The summed E-state index contributed by atoms with van der Waals surface area (Å²) in [5, 5.41) is 23.8. The van der Waals surface area contributed by atoms with Crippen LogP contribution in [0.4, 0.5) is 0 Å². The van der Waals surface area contributed by atoms with E-state index in [2.05, 4.69) is 26.6 Å². The van der Waals surface area contributed by atoms with E-state index in [1.807, 2.05) is 119 Å². The molecule has 1 aliphatic rings. The van der Waals surface area contributed by atoms with Crippen LogP contribution in [-0.4, -0.2) is 113 Å². The number of nitrogens with one attached hydrogen (secondary N) is 5. The Morgan fingerprint density at radius 3 is 1.69 bits per heavy atom. The second-order valence-electron chi connectivity index (χ2n) is 18.3. The fourth-order valence-electron chi connectivity index (χ4n) is 8.31. The van der Waals surface area contributed by atoms with Crippen LogP contribution in [0, 0.1) is 11.8 Å². The zero-order valence-corrected chi connectivity index (χ0v) is 40.2. The van der Waals surface area contributed by atoms with Gasteiger partial charge in [0.15, 0.2) is 5.78 Å². The number of nitrogens with zero attached hydrogens (tertiary/aromatic N) is 1. The fourth-order valence-corrected chi connectivity index (χ4v) is 8.31. The number of carbonyl (C=O) groups excluding carboxylic acids is 7. The van der Waals surface area contributed by atoms with Crippen LogP contribution in [0.3, 0.4) is 0 Å². The maximum atomic E-state index is 14.7. The van der Waals surface area contributed by atoms with E-state index in [4.69, 9.17) is 10.5 Å². The number of hydrogen-bond acceptors (Lipinski definition) is 10. The molecular formula is C51H69N7O10. The van der Waals surface area contributed by atoms with Gasteiger partial charge in [0.25, 0.3) is 0 Å². The van der Waals surface area contributed by atoms with Gasteiger partial charge in [-0.25, -0.2) is 4.79 Å². The number of ether oxygens (including phenoxy) is 1. The smallest absolute Gasteiger partial charge is 0.326 e. The van der Waals surface area contributed by atoms with Crippen LogP contribution in [0.2, 0.25) is 0 Å². The number of aliphatic carboxylic acids is 1. The summed E-state index contributed by atoms with van der Waals surface area (Å²) in [6.07, 6.45) is -0.555. The summed E-state index contributed by atoms with van der Waals surface area (Å²) >= 11 is 0. The predicted molar refractivity (Wildman–Crippen MR) is 255 cm³/mol. The molecule has 1 saturated heterocycles. The average molecular weight is 940 g/mol. The number of hydrogen-bond donors (Lipinski definition) is 7. The summed E-state index contributed by atoms with van der Waals surface area (Å²) in [6.45, 7) is 11.4. The molecule has 0 radical (unpaired) electrons. The maximum absolute atomic E-state index is 14.7. The number of rotatable bonds is 24. The van der Waals surface area contributed by atoms with E-state index in [9.17, 15) is 43.5 Å². The Morgan fingerprint density at radius 1 is 0.691 bits per heavy atom. The molecule has 0 bridgehead atoms. The first-order valence-corrected chi connectivity index (χ1v) is 23.3. The van der Waals surface area contributed by atoms with Gasteiger partial charge in [-0.3, -0.25) is 33.6 Å². The first-order chi connectivity index (χ1) is 32.2. The quantitative estimate of drug-likeness (QED) is 0.0642. The molecular weight excluding hydrogens is 871 g/mol. The van der Waals surface area contributed by atoms with Crippen molar-refractivity contribution in [2.75, 3.05) is 19.6 Å². The molecule has 17 heteroatoms. The van der Waals surface area contributed by atoms with Gasteiger partial charge in [0.1, 0.15) is 23.7 Å². The highest BCUT2D eigenvalue weighted by atomic mass is 16.5. The standard InChI is InChI=1S/C51H69N7O10/c1-8-32(4)38(26-36(59)29-53-46(63)39(52)9-2)45(62)54-30-44(61)55-40(10-3)47(64)56-41(48(65)58-31-37(68-50(5,6)7)27-42(58)49(66)67)28-43(60)57-51(33-20-14-11-15-21-33,34-22-16-12-17-23-34)35-24-18-13-19-25-35/h11-25,32,37-42H,8-10,26-31,52H2,1-7H3,(H,53,63)(H,54,62)(H,55,61)(H,56,64)(H,57,60)(H,66,67)/t32-,37+,38-,39-,40-,41-,42-/m0/s1. The van der Waals surface area contributed by atoms with Crippen molar-refractivity contribution >= 4 is 47.2 Å². The highest BCUT2D eigenvalue weighted by molar-refractivity contribution is 5.97. The number of amides is 6. The van der Waals surface area contributed by atoms with Gasteiger partial charge in [0, 0.05) is 25.3 Å². The van der Waals surface area contributed by atoms with Gasteiger partial charge in [0.2, 0.25) is 35.4 Å². The average Bonchev–Trinajstić information content (AvgIpc) is 3.75. The van der Waals surface area contributed by atoms with E-state index < -0.39 is 107 Å². The molecule has 6 amide bonds. The van der Waals surface area contributed by atoms with Crippen LogP contribution < -0.4 is 32.3 Å². The van der Waals surface area contributed by atoms with Crippen LogP contribution in [0.5, 0.6) is 0 Å². The third-order valence-corrected chi connectivity index (χ3v) is 12.1. The second kappa shape index (κ2) is 25.1. The van der Waals surface area contributed by atoms with E-state index in [-0.39, 0.29) is 38.3 Å². The minimum Gasteiger partial charge on any atom is -0.480 e. The number of ketones is 1. The normalized spacial score (nSPS) is 17.1. The topological polar surface area (TPSA) is 255 Å². The van der Waals surface area contributed by atoms with Crippen LogP contribution in [0.1, 0.15) is 104 Å². The zero-order chi connectivity index (χ0) is 50.2. The Morgan fingerprint density at radius 2 is 1.22 bits per heavy atom. The van der Waals surface area contributed by atoms with Gasteiger partial charge in [-0.15, -0.1) is 0 Å². The maximum Gasteiger partial charge on any atom is 0.326 e. The van der Waals surface area contributed by atoms with Crippen LogP contribution in [0.15, 0.2) is 91.0 Å². The Hall–Kier alpha value is -6.46. The van der Waals surface area contributed by atoms with Crippen molar-refractivity contribution in [3.05, 3.63) is 108 Å². The van der Waals surface area contributed by atoms with Crippen molar-refractivity contribution in [2.45, 2.75) is 128 Å². The molecule has 0 saturated carbocycles. The number of carboxylic acid groups (broad SMARTS) is 1. The van der Waals surface area contributed by atoms with Crippen molar-refractivity contribution in [1.82, 2.24) is 31.5 Å². The molecule has 4 rings (SSSR count). The molecule has 1 heterocycles. The molecule has 0 aliphatic carbocycles. The van der Waals surface area contributed by atoms with Gasteiger partial charge in [0.05, 0.1) is 37.3 Å². The number of benzene rings is 3. The number of Topliss-reactive ketones (excluding diaryl/α,β-unsaturated/α-hetero) is 1. The predicted octanol–water partition coefficient (Wildman–Crippen LogP) is 3.32. The Bertz CT molecular complexity index is 2110. The summed E-state index contributed by atoms with van der Waals surface area (Å²) in [7, 11) is 0. The number of carbonyl (C=O) groups is 8. The van der Waals surface area contributed by atoms with Gasteiger partial charge in [-0.2, -0.15) is 0 Å². The fraction of sp³-hybridized carbons (Fsp3) is 0.490. The van der Waals surface area contributed by atoms with E-state index in [1.165, 1.54) is 0 Å². The summed E-state index contributed by atoms with van der Waals surface area (Å²) < 4.78 is 6.10. The van der Waals surface area contributed by atoms with E-state index in [0.29, 0.717) is 29.5 Å². The second-order valence-corrected chi connectivity index (χ2v) is 18.3. The lowest BCUT2D eigenvalue weighted by molar-refractivity contribution is -0.150. The van der Waals surface area contributed by atoms with Crippen molar-refractivity contribution in [3.8, 4) is 0 Å². The lowest BCUT2D eigenvalue weighted by Crippen LogP contribution is -2.58. The molecule has 7 atom stereocenters. The monoisotopic (exact) mass is 940 g/mol. The van der Waals surface area contributed by atoms with Crippen molar-refractivity contribution in [2.24, 2.45) is 17.6 Å².